The van der Waals surface area contributed by atoms with Crippen molar-refractivity contribution in [2.75, 3.05) is 12.4 Å². The van der Waals surface area contributed by atoms with E-state index in [9.17, 15) is 17.4 Å². The quantitative estimate of drug-likeness (QED) is 0.307. The van der Waals surface area contributed by atoms with Gasteiger partial charge in [0.25, 0.3) is 10.1 Å². The first kappa shape index (κ1) is 16.0. The van der Waals surface area contributed by atoms with Crippen LogP contribution in [-0.2, 0) is 34.6 Å². The van der Waals surface area contributed by atoms with E-state index >= 15 is 0 Å². The molecule has 1 atom stereocenters. The van der Waals surface area contributed by atoms with Crippen LogP contribution in [0.15, 0.2) is 24.3 Å². The second-order valence-electron chi connectivity index (χ2n) is 2.77. The van der Waals surface area contributed by atoms with Gasteiger partial charge in [-0.25, -0.2) is 4.79 Å². The number of allylic oxidation sites excluding steroid dienone is 2. The summed E-state index contributed by atoms with van der Waals surface area (Å²) in [5.41, 5.74) is 0.254. The van der Waals surface area contributed by atoms with Crippen LogP contribution in [0.25, 0.3) is 0 Å². The van der Waals surface area contributed by atoms with Crippen molar-refractivity contribution in [2.45, 2.75) is 6.92 Å². The first-order valence-electron chi connectivity index (χ1n) is 4.28. The molecular formula is C8H12O7S2. The average molecular weight is 284 g/mol. The second-order valence-corrected chi connectivity index (χ2v) is 5.27. The van der Waals surface area contributed by atoms with Crippen molar-refractivity contribution in [2.24, 2.45) is 0 Å². The topological polar surface area (TPSA) is 107 Å². The van der Waals surface area contributed by atoms with E-state index in [1.54, 1.807) is 0 Å². The van der Waals surface area contributed by atoms with Crippen LogP contribution in [0.5, 0.6) is 0 Å². The van der Waals surface area contributed by atoms with Gasteiger partial charge in [0.05, 0.1) is 0 Å². The molecule has 1 unspecified atom stereocenters. The van der Waals surface area contributed by atoms with Crippen LogP contribution in [0.2, 0.25) is 0 Å². The molecule has 17 heavy (non-hydrogen) atoms. The highest BCUT2D eigenvalue weighted by Gasteiger charge is 2.16. The van der Waals surface area contributed by atoms with E-state index in [-0.39, 0.29) is 5.57 Å². The van der Waals surface area contributed by atoms with E-state index in [4.69, 9.17) is 4.55 Å². The fourth-order valence-corrected chi connectivity index (χ4v) is 1.99. The van der Waals surface area contributed by atoms with Crippen molar-refractivity contribution >= 4 is 27.4 Å². The van der Waals surface area contributed by atoms with Gasteiger partial charge in [-0.3, -0.25) is 4.55 Å². The molecule has 98 valence electrons. The van der Waals surface area contributed by atoms with Crippen LogP contribution in [-0.4, -0.2) is 35.5 Å². The summed E-state index contributed by atoms with van der Waals surface area (Å²) in [6.45, 7) is 4.37. The lowest BCUT2D eigenvalue weighted by Crippen LogP contribution is -2.18. The molecule has 0 bridgehead atoms. The third-order valence-corrected chi connectivity index (χ3v) is 3.38. The molecule has 0 heterocycles. The third kappa shape index (κ3) is 7.80. The molecule has 0 aliphatic rings. The zero-order chi connectivity index (χ0) is 13.5. The lowest BCUT2D eigenvalue weighted by molar-refractivity contribution is -0.138. The fraction of sp³-hybridized carbons (Fsp3) is 0.375. The average Bonchev–Trinajstić information content (AvgIpc) is 2.15. The molecule has 1 N–H and O–H groups in total. The van der Waals surface area contributed by atoms with Gasteiger partial charge in [0, 0.05) is 5.57 Å². The van der Waals surface area contributed by atoms with Gasteiger partial charge in [0.1, 0.15) is 12.4 Å². The standard InChI is InChI=1S/C8H12O7S2/c1-3-4-7(2)8(9)14-5-6-17(12,13)15-16(10)11/h3-4H,1,5-6H2,2H3,(H,10,11). The smallest absolute Gasteiger partial charge is 0.333 e. The molecule has 0 aromatic rings. The third-order valence-electron chi connectivity index (χ3n) is 1.42. The van der Waals surface area contributed by atoms with Gasteiger partial charge in [-0.15, -0.1) is 3.63 Å². The highest BCUT2D eigenvalue weighted by atomic mass is 32.3. The molecule has 0 saturated heterocycles. The van der Waals surface area contributed by atoms with Crippen LogP contribution in [0, 0.1) is 0 Å². The highest BCUT2D eigenvalue weighted by Crippen LogP contribution is 2.00. The molecule has 0 radical (unpaired) electrons. The van der Waals surface area contributed by atoms with Crippen molar-refractivity contribution in [1.29, 1.82) is 0 Å². The number of hydrogen-bond acceptors (Lipinski definition) is 6. The van der Waals surface area contributed by atoms with Gasteiger partial charge in [-0.2, -0.15) is 12.6 Å². The van der Waals surface area contributed by atoms with Crippen LogP contribution in [0.1, 0.15) is 6.92 Å². The summed E-state index contributed by atoms with van der Waals surface area (Å²) in [4.78, 5) is 11.2. The van der Waals surface area contributed by atoms with E-state index in [2.05, 4.69) is 14.9 Å². The molecule has 7 nitrogen and oxygen atoms in total. The zero-order valence-electron chi connectivity index (χ0n) is 8.99. The first-order chi connectivity index (χ1) is 7.78. The molecule has 9 heteroatoms. The Labute approximate surface area is 102 Å². The molecule has 0 aliphatic heterocycles. The number of rotatable bonds is 7. The monoisotopic (exact) mass is 284 g/mol. The molecular weight excluding hydrogens is 272 g/mol. The van der Waals surface area contributed by atoms with Gasteiger partial charge in [0.15, 0.2) is 0 Å². The van der Waals surface area contributed by atoms with Crippen molar-refractivity contribution in [3.05, 3.63) is 24.3 Å². The molecule has 0 aliphatic carbocycles. The number of carbonyl (C=O) groups is 1. The zero-order valence-corrected chi connectivity index (χ0v) is 10.6. The van der Waals surface area contributed by atoms with E-state index < -0.39 is 39.8 Å². The largest absolute Gasteiger partial charge is 0.461 e. The molecule has 0 spiro atoms. The normalized spacial score (nSPS) is 14.1. The van der Waals surface area contributed by atoms with Gasteiger partial charge in [-0.05, 0) is 6.92 Å². The Bertz CT molecular complexity index is 435. The molecule has 0 rings (SSSR count). The van der Waals surface area contributed by atoms with E-state index in [1.165, 1.54) is 19.1 Å². The maximum absolute atomic E-state index is 11.2. The summed E-state index contributed by atoms with van der Waals surface area (Å²) in [6, 6.07) is 0. The summed E-state index contributed by atoms with van der Waals surface area (Å²) in [5, 5.41) is 0. The van der Waals surface area contributed by atoms with Crippen molar-refractivity contribution in [1.82, 2.24) is 0 Å². The van der Waals surface area contributed by atoms with Crippen LogP contribution in [0.4, 0.5) is 0 Å². The Hall–Kier alpha value is -1.03. The number of hydrogen-bond donors (Lipinski definition) is 1. The van der Waals surface area contributed by atoms with Crippen molar-refractivity contribution in [3.63, 3.8) is 0 Å². The fourth-order valence-electron chi connectivity index (χ4n) is 0.718. The summed E-state index contributed by atoms with van der Waals surface area (Å²) >= 11 is -2.91. The Balaban J connectivity index is 4.17. The predicted octanol–water partition coefficient (Wildman–Crippen LogP) is 0.145. The summed E-state index contributed by atoms with van der Waals surface area (Å²) in [5.74, 6) is -1.41. The number of ether oxygens (including phenoxy) is 1. The molecule has 0 amide bonds. The molecule has 0 saturated carbocycles. The minimum Gasteiger partial charge on any atom is -0.461 e. The van der Waals surface area contributed by atoms with E-state index in [1.807, 2.05) is 0 Å². The molecule has 0 fully saturated rings. The lowest BCUT2D eigenvalue weighted by Gasteiger charge is -2.04. The first-order valence-corrected chi connectivity index (χ1v) is 6.89. The van der Waals surface area contributed by atoms with E-state index in [0.717, 1.165) is 0 Å². The van der Waals surface area contributed by atoms with Crippen molar-refractivity contribution in [3.8, 4) is 0 Å². The SMILES string of the molecule is C=CC=C(C)C(=O)OCCS(=O)(=O)OS(=O)O. The van der Waals surface area contributed by atoms with Crippen LogP contribution in [0.3, 0.4) is 0 Å². The summed E-state index contributed by atoms with van der Waals surface area (Å²) < 4.78 is 48.4. The van der Waals surface area contributed by atoms with Gasteiger partial charge in [0.2, 0.25) is 0 Å². The maximum atomic E-state index is 11.2. The minimum atomic E-state index is -4.18. The van der Waals surface area contributed by atoms with Crippen LogP contribution < -0.4 is 0 Å². The van der Waals surface area contributed by atoms with Crippen LogP contribution >= 0.6 is 0 Å². The Kier molecular flexibility index (Phi) is 6.88. The van der Waals surface area contributed by atoms with Crippen molar-refractivity contribution < 1.29 is 30.3 Å². The second kappa shape index (κ2) is 7.33. The van der Waals surface area contributed by atoms with Gasteiger partial charge in [-0.1, -0.05) is 18.7 Å². The highest BCUT2D eigenvalue weighted by molar-refractivity contribution is 7.95. The predicted molar refractivity (Wildman–Crippen MR) is 60.6 cm³/mol. The summed E-state index contributed by atoms with van der Waals surface area (Å²) in [7, 11) is -4.18. The Morgan fingerprint density at radius 3 is 2.59 bits per heavy atom. The maximum Gasteiger partial charge on any atom is 0.333 e. The number of esters is 1. The minimum absolute atomic E-state index is 0.254. The Morgan fingerprint density at radius 1 is 1.53 bits per heavy atom. The van der Waals surface area contributed by atoms with Gasteiger partial charge >= 0.3 is 17.3 Å². The van der Waals surface area contributed by atoms with Gasteiger partial charge < -0.3 is 4.74 Å². The number of carbonyl (C=O) groups excluding carboxylic acids is 1. The Morgan fingerprint density at radius 2 is 2.12 bits per heavy atom. The van der Waals surface area contributed by atoms with E-state index in [0.29, 0.717) is 0 Å². The molecule has 0 aromatic heterocycles. The molecule has 0 aromatic carbocycles. The summed E-state index contributed by atoms with van der Waals surface area (Å²) in [6.07, 6.45) is 2.78. The lowest BCUT2D eigenvalue weighted by atomic mass is 10.3.